The number of aromatic nitrogens is 2. The van der Waals surface area contributed by atoms with Gasteiger partial charge in [-0.05, 0) is 31.9 Å². The molecule has 0 bridgehead atoms. The van der Waals surface area contributed by atoms with E-state index in [1.807, 2.05) is 36.1 Å². The fourth-order valence-corrected chi connectivity index (χ4v) is 4.04. The van der Waals surface area contributed by atoms with Crippen molar-refractivity contribution in [1.29, 1.82) is 0 Å². The lowest BCUT2D eigenvalue weighted by Crippen LogP contribution is -2.40. The van der Waals surface area contributed by atoms with Crippen LogP contribution < -0.4 is 10.5 Å². The number of para-hydroxylation sites is 1. The van der Waals surface area contributed by atoms with Gasteiger partial charge >= 0.3 is 5.97 Å². The van der Waals surface area contributed by atoms with Crippen LogP contribution in [0.1, 0.15) is 25.1 Å². The van der Waals surface area contributed by atoms with Gasteiger partial charge < -0.3 is 14.6 Å². The number of hydrogen-bond acceptors (Lipinski definition) is 6. The van der Waals surface area contributed by atoms with Gasteiger partial charge in [0.05, 0.1) is 24.5 Å². The van der Waals surface area contributed by atoms with Gasteiger partial charge in [-0.25, -0.2) is 4.98 Å². The standard InChI is InChI=1S/C19H21N3O4S/c1-11-8-13-6-4-5-7-15(13)22(11)18(25)12(2)27-19-20-14(9-16(23)21-19)10-17(24)26-3/h4-7,9,11-12H,8,10H2,1-3H3,(H,20,21,23)/t11-,12+/m0/s1. The predicted octanol–water partition coefficient (Wildman–Crippen LogP) is 1.94. The molecule has 142 valence electrons. The van der Waals surface area contributed by atoms with E-state index in [4.69, 9.17) is 0 Å². The molecule has 2 atom stereocenters. The monoisotopic (exact) mass is 387 g/mol. The minimum absolute atomic E-state index is 0.0431. The van der Waals surface area contributed by atoms with Crippen molar-refractivity contribution in [3.05, 3.63) is 51.9 Å². The number of nitrogens with zero attached hydrogens (tertiary/aromatic N) is 2. The topological polar surface area (TPSA) is 92.4 Å². The van der Waals surface area contributed by atoms with Crippen molar-refractivity contribution in [2.24, 2.45) is 0 Å². The molecule has 0 spiro atoms. The minimum Gasteiger partial charge on any atom is -0.469 e. The van der Waals surface area contributed by atoms with Gasteiger partial charge in [-0.3, -0.25) is 14.4 Å². The van der Waals surface area contributed by atoms with E-state index in [1.165, 1.54) is 24.9 Å². The number of methoxy groups -OCH3 is 1. The Morgan fingerprint density at radius 2 is 2.15 bits per heavy atom. The molecule has 1 amide bonds. The fraction of sp³-hybridized carbons (Fsp3) is 0.368. The molecular weight excluding hydrogens is 366 g/mol. The second-order valence-corrected chi connectivity index (χ2v) is 7.77. The van der Waals surface area contributed by atoms with Crippen molar-refractivity contribution >= 4 is 29.3 Å². The average molecular weight is 387 g/mol. The van der Waals surface area contributed by atoms with E-state index < -0.39 is 11.2 Å². The van der Waals surface area contributed by atoms with Crippen LogP contribution in [0, 0.1) is 0 Å². The summed E-state index contributed by atoms with van der Waals surface area (Å²) in [5.74, 6) is -0.519. The first-order valence-corrected chi connectivity index (χ1v) is 9.51. The molecule has 0 aliphatic carbocycles. The Kier molecular flexibility index (Phi) is 5.65. The number of carbonyl (C=O) groups is 2. The zero-order chi connectivity index (χ0) is 19.6. The number of nitrogens with one attached hydrogen (secondary N) is 1. The van der Waals surface area contributed by atoms with E-state index in [1.54, 1.807) is 6.92 Å². The Balaban J connectivity index is 1.77. The van der Waals surface area contributed by atoms with Gasteiger partial charge in [0.1, 0.15) is 0 Å². The van der Waals surface area contributed by atoms with Crippen LogP contribution in [-0.4, -0.2) is 40.2 Å². The summed E-state index contributed by atoms with van der Waals surface area (Å²) in [5, 5.41) is -0.141. The third-order valence-corrected chi connectivity index (χ3v) is 5.38. The highest BCUT2D eigenvalue weighted by molar-refractivity contribution is 8.00. The molecule has 1 N–H and O–H groups in total. The predicted molar refractivity (Wildman–Crippen MR) is 103 cm³/mol. The third-order valence-electron chi connectivity index (χ3n) is 4.41. The molecule has 0 saturated carbocycles. The van der Waals surface area contributed by atoms with E-state index in [0.717, 1.165) is 17.7 Å². The molecule has 2 heterocycles. The number of anilines is 1. The zero-order valence-corrected chi connectivity index (χ0v) is 16.2. The van der Waals surface area contributed by atoms with Crippen LogP contribution in [0.5, 0.6) is 0 Å². The fourth-order valence-electron chi connectivity index (χ4n) is 3.16. The van der Waals surface area contributed by atoms with Crippen LogP contribution >= 0.6 is 11.8 Å². The molecule has 8 heteroatoms. The van der Waals surface area contributed by atoms with Gasteiger partial charge in [0.25, 0.3) is 5.56 Å². The normalized spacial score (nSPS) is 16.7. The molecule has 7 nitrogen and oxygen atoms in total. The summed E-state index contributed by atoms with van der Waals surface area (Å²) in [7, 11) is 1.28. The zero-order valence-electron chi connectivity index (χ0n) is 15.4. The molecule has 1 aliphatic rings. The number of hydrogen-bond donors (Lipinski definition) is 1. The van der Waals surface area contributed by atoms with Crippen molar-refractivity contribution in [2.45, 2.75) is 43.1 Å². The number of carbonyl (C=O) groups excluding carboxylic acids is 2. The molecule has 2 aromatic rings. The number of thioether (sulfide) groups is 1. The van der Waals surface area contributed by atoms with Gasteiger partial charge in [0, 0.05) is 17.8 Å². The highest BCUT2D eigenvalue weighted by Gasteiger charge is 2.33. The highest BCUT2D eigenvalue weighted by Crippen LogP contribution is 2.34. The second-order valence-electron chi connectivity index (χ2n) is 6.44. The SMILES string of the molecule is COC(=O)Cc1cc(=O)[nH]c(S[C@H](C)C(=O)N2c3ccccc3C[C@@H]2C)n1. The number of aromatic amines is 1. The Hall–Kier alpha value is -2.61. The number of fused-ring (bicyclic) bond motifs is 1. The van der Waals surface area contributed by atoms with Crippen molar-refractivity contribution in [2.75, 3.05) is 12.0 Å². The first kappa shape index (κ1) is 19.2. The van der Waals surface area contributed by atoms with Gasteiger partial charge in [-0.15, -0.1) is 0 Å². The Bertz CT molecular complexity index is 927. The molecule has 1 aromatic carbocycles. The number of H-pyrrole nitrogens is 1. The number of benzene rings is 1. The number of amides is 1. The lowest BCUT2D eigenvalue weighted by atomic mass is 10.1. The van der Waals surface area contributed by atoms with Gasteiger partial charge in [-0.1, -0.05) is 30.0 Å². The van der Waals surface area contributed by atoms with Gasteiger partial charge in [0.15, 0.2) is 5.16 Å². The average Bonchev–Trinajstić information content (AvgIpc) is 2.96. The van der Waals surface area contributed by atoms with Crippen LogP contribution in [0.4, 0.5) is 5.69 Å². The first-order chi connectivity index (χ1) is 12.9. The molecule has 0 unspecified atom stereocenters. The van der Waals surface area contributed by atoms with E-state index in [-0.39, 0.29) is 23.9 Å². The van der Waals surface area contributed by atoms with E-state index in [0.29, 0.717) is 10.9 Å². The summed E-state index contributed by atoms with van der Waals surface area (Å²) in [6, 6.07) is 9.21. The number of rotatable bonds is 5. The van der Waals surface area contributed by atoms with Crippen LogP contribution in [0.15, 0.2) is 40.3 Å². The lowest BCUT2D eigenvalue weighted by Gasteiger charge is -2.25. The molecule has 27 heavy (non-hydrogen) atoms. The Labute approximate surface area is 161 Å². The minimum atomic E-state index is -0.476. The summed E-state index contributed by atoms with van der Waals surface area (Å²) >= 11 is 1.17. The molecular formula is C19H21N3O4S. The van der Waals surface area contributed by atoms with Crippen LogP contribution in [0.3, 0.4) is 0 Å². The quantitative estimate of drug-likeness (QED) is 0.479. The molecule has 3 rings (SSSR count). The number of ether oxygens (including phenoxy) is 1. The summed E-state index contributed by atoms with van der Waals surface area (Å²) in [4.78, 5) is 45.0. The molecule has 0 saturated heterocycles. The summed E-state index contributed by atoms with van der Waals surface area (Å²) < 4.78 is 4.61. The molecule has 0 fully saturated rings. The smallest absolute Gasteiger partial charge is 0.311 e. The summed E-state index contributed by atoms with van der Waals surface area (Å²) in [5.41, 5.74) is 2.03. The summed E-state index contributed by atoms with van der Waals surface area (Å²) in [6.45, 7) is 3.81. The Morgan fingerprint density at radius 1 is 1.41 bits per heavy atom. The van der Waals surface area contributed by atoms with E-state index >= 15 is 0 Å². The van der Waals surface area contributed by atoms with Crippen LogP contribution in [-0.2, 0) is 27.2 Å². The molecule has 1 aromatic heterocycles. The van der Waals surface area contributed by atoms with Crippen molar-refractivity contribution < 1.29 is 14.3 Å². The lowest BCUT2D eigenvalue weighted by molar-refractivity contribution is -0.139. The largest absolute Gasteiger partial charge is 0.469 e. The maximum atomic E-state index is 13.0. The van der Waals surface area contributed by atoms with Gasteiger partial charge in [-0.2, -0.15) is 0 Å². The number of esters is 1. The van der Waals surface area contributed by atoms with Crippen LogP contribution in [0.2, 0.25) is 0 Å². The highest BCUT2D eigenvalue weighted by atomic mass is 32.2. The van der Waals surface area contributed by atoms with E-state index in [9.17, 15) is 14.4 Å². The molecule has 0 radical (unpaired) electrons. The molecule has 1 aliphatic heterocycles. The maximum Gasteiger partial charge on any atom is 0.311 e. The first-order valence-electron chi connectivity index (χ1n) is 8.63. The summed E-state index contributed by atoms with van der Waals surface area (Å²) in [6.07, 6.45) is 0.732. The van der Waals surface area contributed by atoms with Crippen LogP contribution in [0.25, 0.3) is 0 Å². The van der Waals surface area contributed by atoms with Crippen molar-refractivity contribution in [1.82, 2.24) is 9.97 Å². The van der Waals surface area contributed by atoms with Gasteiger partial charge in [0.2, 0.25) is 5.91 Å². The van der Waals surface area contributed by atoms with Crippen molar-refractivity contribution in [3.63, 3.8) is 0 Å². The van der Waals surface area contributed by atoms with Crippen molar-refractivity contribution in [3.8, 4) is 0 Å². The second kappa shape index (κ2) is 7.96. The third kappa shape index (κ3) is 4.21. The maximum absolute atomic E-state index is 13.0. The van der Waals surface area contributed by atoms with E-state index in [2.05, 4.69) is 14.7 Å². The Morgan fingerprint density at radius 3 is 2.89 bits per heavy atom.